The molecule has 0 bridgehead atoms. The Bertz CT molecular complexity index is 1420. The minimum atomic E-state index is -4.62. The van der Waals surface area contributed by atoms with Crippen LogP contribution in [0.3, 0.4) is 0 Å². The molecule has 0 aliphatic heterocycles. The Hall–Kier alpha value is -3.15. The Morgan fingerprint density at radius 1 is 1.15 bits per heavy atom. The molecule has 3 aromatic heterocycles. The van der Waals surface area contributed by atoms with Gasteiger partial charge in [-0.1, -0.05) is 17.7 Å². The molecule has 1 aromatic carbocycles. The molecule has 7 nitrogen and oxygen atoms in total. The molecule has 3 heterocycles. The Balaban J connectivity index is 1.79. The van der Waals surface area contributed by atoms with Crippen molar-refractivity contribution in [2.45, 2.75) is 17.6 Å². The van der Waals surface area contributed by atoms with Gasteiger partial charge in [-0.25, -0.2) is 17.4 Å². The van der Waals surface area contributed by atoms with Crippen LogP contribution < -0.4 is 10.6 Å². The normalized spacial score (nSPS) is 12.3. The van der Waals surface area contributed by atoms with Crippen LogP contribution in [-0.2, 0) is 22.7 Å². The molecule has 2 N–H and O–H groups in total. The highest BCUT2D eigenvalue weighted by atomic mass is 35.5. The number of fused-ring (bicyclic) bond motifs is 1. The van der Waals surface area contributed by atoms with Crippen molar-refractivity contribution in [3.63, 3.8) is 0 Å². The lowest BCUT2D eigenvalue weighted by Crippen LogP contribution is -2.12. The summed E-state index contributed by atoms with van der Waals surface area (Å²) in [6, 6.07) is 9.94. The largest absolute Gasteiger partial charge is 0.433 e. The van der Waals surface area contributed by atoms with Gasteiger partial charge in [0.15, 0.2) is 5.15 Å². The highest BCUT2D eigenvalue weighted by molar-refractivity contribution is 7.90. The van der Waals surface area contributed by atoms with Gasteiger partial charge in [-0.05, 0) is 49.0 Å². The molecule has 0 fully saturated rings. The van der Waals surface area contributed by atoms with Crippen LogP contribution in [0.25, 0.3) is 10.9 Å². The van der Waals surface area contributed by atoms with Gasteiger partial charge in [-0.2, -0.15) is 13.2 Å². The zero-order chi connectivity index (χ0) is 23.8. The van der Waals surface area contributed by atoms with E-state index in [9.17, 15) is 21.6 Å². The van der Waals surface area contributed by atoms with Crippen LogP contribution in [0.2, 0.25) is 5.15 Å². The van der Waals surface area contributed by atoms with Crippen molar-refractivity contribution < 1.29 is 21.6 Å². The van der Waals surface area contributed by atoms with Crippen LogP contribution in [0.15, 0.2) is 66.0 Å². The number of rotatable bonds is 6. The van der Waals surface area contributed by atoms with Gasteiger partial charge in [0.1, 0.15) is 10.6 Å². The van der Waals surface area contributed by atoms with E-state index in [0.717, 1.165) is 15.6 Å². The second-order valence-electron chi connectivity index (χ2n) is 7.06. The van der Waals surface area contributed by atoms with Crippen molar-refractivity contribution in [3.05, 3.63) is 77.5 Å². The zero-order valence-electron chi connectivity index (χ0n) is 17.1. The van der Waals surface area contributed by atoms with Crippen LogP contribution in [0.5, 0.6) is 0 Å². The fraction of sp³-hybridized carbons (Fsp3) is 0.143. The monoisotopic (exact) mass is 495 g/mol. The summed E-state index contributed by atoms with van der Waals surface area (Å²) >= 11 is 5.94. The van der Waals surface area contributed by atoms with E-state index in [-0.39, 0.29) is 15.7 Å². The summed E-state index contributed by atoms with van der Waals surface area (Å²) in [6.07, 6.45) is -0.357. The number of pyridine rings is 2. The maximum Gasteiger partial charge on any atom is 0.433 e. The summed E-state index contributed by atoms with van der Waals surface area (Å²) < 4.78 is 66.2. The van der Waals surface area contributed by atoms with Crippen molar-refractivity contribution in [1.82, 2.24) is 19.3 Å². The fourth-order valence-corrected chi connectivity index (χ4v) is 4.88. The molecule has 0 saturated heterocycles. The quantitative estimate of drug-likeness (QED) is 0.373. The van der Waals surface area contributed by atoms with Gasteiger partial charge >= 0.3 is 6.18 Å². The number of anilines is 2. The first-order chi connectivity index (χ1) is 15.6. The van der Waals surface area contributed by atoms with Gasteiger partial charge in [-0.15, -0.1) is 0 Å². The number of hydrogen-bond donors (Lipinski definition) is 2. The lowest BCUT2D eigenvalue weighted by Gasteiger charge is -2.12. The Morgan fingerprint density at radius 3 is 2.58 bits per heavy atom. The van der Waals surface area contributed by atoms with Gasteiger partial charge in [0.05, 0.1) is 11.2 Å². The van der Waals surface area contributed by atoms with Crippen molar-refractivity contribution in [1.29, 1.82) is 0 Å². The molecule has 12 heteroatoms. The first-order valence-corrected chi connectivity index (χ1v) is 11.4. The van der Waals surface area contributed by atoms with E-state index < -0.39 is 21.9 Å². The van der Waals surface area contributed by atoms with Crippen molar-refractivity contribution in [2.24, 2.45) is 0 Å². The van der Waals surface area contributed by atoms with E-state index in [4.69, 9.17) is 11.6 Å². The molecular formula is C21H17ClF3N5O2S. The second-order valence-corrected chi connectivity index (χ2v) is 9.24. The van der Waals surface area contributed by atoms with E-state index in [2.05, 4.69) is 20.6 Å². The van der Waals surface area contributed by atoms with Gasteiger partial charge in [0.25, 0.3) is 10.0 Å². The number of benzene rings is 1. The van der Waals surface area contributed by atoms with Crippen molar-refractivity contribution in [3.8, 4) is 0 Å². The maximum absolute atomic E-state index is 13.3. The van der Waals surface area contributed by atoms with Crippen LogP contribution in [-0.4, -0.2) is 29.4 Å². The number of nitrogens with zero attached hydrogens (tertiary/aromatic N) is 3. The topological polar surface area (TPSA) is 88.9 Å². The third-order valence-corrected chi connectivity index (χ3v) is 6.78. The predicted molar refractivity (Wildman–Crippen MR) is 119 cm³/mol. The van der Waals surface area contributed by atoms with Gasteiger partial charge in [0, 0.05) is 36.2 Å². The summed E-state index contributed by atoms with van der Waals surface area (Å²) in [5, 5.41) is 6.24. The first kappa shape index (κ1) is 23.0. The molecule has 0 spiro atoms. The SMILES string of the molecule is CNCc1cn(S(=O)(=O)c2cccnc2)c2cc(Nc3ccc(C(F)(F)F)nc3Cl)ccc12. The predicted octanol–water partition coefficient (Wildman–Crippen LogP) is 4.80. The molecule has 0 radical (unpaired) electrons. The third-order valence-electron chi connectivity index (χ3n) is 4.83. The summed E-state index contributed by atoms with van der Waals surface area (Å²) in [4.78, 5) is 7.30. The summed E-state index contributed by atoms with van der Waals surface area (Å²) in [6.45, 7) is 0.424. The summed E-state index contributed by atoms with van der Waals surface area (Å²) in [5.74, 6) is 0. The molecule has 4 aromatic rings. The average Bonchev–Trinajstić information content (AvgIpc) is 3.14. The number of nitrogens with one attached hydrogen (secondary N) is 2. The van der Waals surface area contributed by atoms with E-state index in [0.29, 0.717) is 23.1 Å². The number of alkyl halides is 3. The summed E-state index contributed by atoms with van der Waals surface area (Å²) in [5.41, 5.74) is 0.586. The Morgan fingerprint density at radius 2 is 1.94 bits per heavy atom. The molecule has 4 rings (SSSR count). The zero-order valence-corrected chi connectivity index (χ0v) is 18.6. The van der Waals surface area contributed by atoms with Gasteiger partial charge < -0.3 is 10.6 Å². The third kappa shape index (κ3) is 4.52. The number of aromatic nitrogens is 3. The Kier molecular flexibility index (Phi) is 6.04. The van der Waals surface area contributed by atoms with E-state index in [1.54, 1.807) is 25.2 Å². The van der Waals surface area contributed by atoms with Crippen molar-refractivity contribution >= 4 is 43.9 Å². The minimum Gasteiger partial charge on any atom is -0.353 e. The molecule has 0 atom stereocenters. The number of halogens is 4. The molecule has 0 aliphatic rings. The standard InChI is InChI=1S/C21H17ClF3N5O2S/c1-26-10-13-12-30(33(31,32)15-3-2-8-27-11-15)18-9-14(4-5-16(13)18)28-17-6-7-19(21(23,24)25)29-20(17)22/h2-9,11-12,26,28H,10H2,1H3. The molecule has 0 saturated carbocycles. The fourth-order valence-electron chi connectivity index (χ4n) is 3.33. The smallest absolute Gasteiger partial charge is 0.353 e. The number of hydrogen-bond acceptors (Lipinski definition) is 6. The van der Waals surface area contributed by atoms with E-state index in [1.807, 2.05) is 0 Å². The lowest BCUT2D eigenvalue weighted by molar-refractivity contribution is -0.141. The lowest BCUT2D eigenvalue weighted by atomic mass is 10.1. The van der Waals surface area contributed by atoms with Crippen molar-refractivity contribution in [2.75, 3.05) is 12.4 Å². The van der Waals surface area contributed by atoms with Gasteiger partial charge in [0.2, 0.25) is 0 Å². The highest BCUT2D eigenvalue weighted by Crippen LogP contribution is 2.33. The molecular weight excluding hydrogens is 479 g/mol. The van der Waals surface area contributed by atoms with E-state index >= 15 is 0 Å². The molecule has 0 amide bonds. The summed E-state index contributed by atoms with van der Waals surface area (Å²) in [7, 11) is -2.20. The van der Waals surface area contributed by atoms with E-state index in [1.165, 1.54) is 36.8 Å². The highest BCUT2D eigenvalue weighted by Gasteiger charge is 2.33. The molecule has 0 aliphatic carbocycles. The van der Waals surface area contributed by atoms with Gasteiger partial charge in [-0.3, -0.25) is 4.98 Å². The second kappa shape index (κ2) is 8.65. The molecule has 172 valence electrons. The molecule has 33 heavy (non-hydrogen) atoms. The van der Waals surface area contributed by atoms with Crippen LogP contribution in [0.1, 0.15) is 11.3 Å². The van der Waals surface area contributed by atoms with Crippen LogP contribution in [0.4, 0.5) is 24.5 Å². The first-order valence-electron chi connectivity index (χ1n) is 9.56. The Labute approximate surface area is 192 Å². The minimum absolute atomic E-state index is 0.0197. The molecule has 0 unspecified atom stereocenters. The maximum atomic E-state index is 13.3. The van der Waals surface area contributed by atoms with Crippen LogP contribution >= 0.6 is 11.6 Å². The average molecular weight is 496 g/mol. The van der Waals surface area contributed by atoms with Crippen LogP contribution in [0, 0.1) is 0 Å².